The topological polar surface area (TPSA) is 17.4 Å². The van der Waals surface area contributed by atoms with Crippen LogP contribution in [-0.2, 0) is 0 Å². The van der Waals surface area contributed by atoms with Gasteiger partial charge in [-0.05, 0) is 42.5 Å². The zero-order valence-corrected chi connectivity index (χ0v) is 14.6. The van der Waals surface area contributed by atoms with Gasteiger partial charge in [-0.25, -0.2) is 0 Å². The Hall–Kier alpha value is -3.72. The monoisotopic (exact) mass is 348 g/mol. The third-order valence-corrected chi connectivity index (χ3v) is 5.45. The highest BCUT2D eigenvalue weighted by Crippen LogP contribution is 2.54. The molecule has 2 aliphatic heterocycles. The van der Waals surface area contributed by atoms with E-state index in [-0.39, 0.29) is 0 Å². The van der Waals surface area contributed by atoms with Gasteiger partial charge < -0.3 is 9.30 Å². The van der Waals surface area contributed by atoms with Crippen molar-refractivity contribution in [3.8, 4) is 11.4 Å². The number of rotatable bonds is 2. The first-order valence-electron chi connectivity index (χ1n) is 8.96. The lowest BCUT2D eigenvalue weighted by Gasteiger charge is -2.38. The summed E-state index contributed by atoms with van der Waals surface area (Å²) in [5, 5.41) is 2.46. The average molecular weight is 348 g/mol. The molecule has 0 fully saturated rings. The smallest absolute Gasteiger partial charge is 0.153 e. The number of benzene rings is 3. The maximum absolute atomic E-state index is 6.20. The van der Waals surface area contributed by atoms with Gasteiger partial charge in [0.25, 0.3) is 0 Å². The van der Waals surface area contributed by atoms with Gasteiger partial charge in [0, 0.05) is 10.8 Å². The van der Waals surface area contributed by atoms with Crippen molar-refractivity contribution in [2.75, 3.05) is 4.90 Å². The molecule has 0 amide bonds. The minimum atomic E-state index is 0.719. The van der Waals surface area contributed by atoms with E-state index < -0.39 is 0 Å². The molecule has 0 N–H and O–H groups in total. The predicted molar refractivity (Wildman–Crippen MR) is 111 cm³/mol. The van der Waals surface area contributed by atoms with Crippen molar-refractivity contribution in [1.82, 2.24) is 4.57 Å². The molecule has 0 radical (unpaired) electrons. The molecule has 0 unspecified atom stereocenters. The molecule has 0 atom stereocenters. The van der Waals surface area contributed by atoms with Crippen molar-refractivity contribution in [2.24, 2.45) is 0 Å². The molecule has 2 aliphatic rings. The molecule has 0 saturated heterocycles. The molecule has 3 heterocycles. The fourth-order valence-corrected chi connectivity index (χ4v) is 4.40. The van der Waals surface area contributed by atoms with E-state index in [2.05, 4.69) is 83.3 Å². The van der Waals surface area contributed by atoms with Crippen molar-refractivity contribution >= 4 is 33.2 Å². The molecule has 0 spiro atoms. The van der Waals surface area contributed by atoms with Crippen LogP contribution >= 0.6 is 0 Å². The molecule has 0 bridgehead atoms. The van der Waals surface area contributed by atoms with Crippen LogP contribution in [0.25, 0.3) is 27.5 Å². The molecule has 0 saturated carbocycles. The lowest BCUT2D eigenvalue weighted by atomic mass is 10.0. The quantitative estimate of drug-likeness (QED) is 0.428. The van der Waals surface area contributed by atoms with Gasteiger partial charge in [0.1, 0.15) is 5.69 Å². The third-order valence-electron chi connectivity index (χ3n) is 5.45. The summed E-state index contributed by atoms with van der Waals surface area (Å²) >= 11 is 0. The van der Waals surface area contributed by atoms with E-state index in [1.54, 1.807) is 6.08 Å². The van der Waals surface area contributed by atoms with Crippen LogP contribution in [0.4, 0.5) is 11.4 Å². The highest BCUT2D eigenvalue weighted by atomic mass is 16.5. The Labute approximate surface area is 156 Å². The molecular weight excluding hydrogens is 332 g/mol. The molecule has 1 aromatic heterocycles. The van der Waals surface area contributed by atoms with Crippen LogP contribution in [0.1, 0.15) is 0 Å². The second kappa shape index (κ2) is 4.92. The SMILES string of the molecule is C=CC1=C(C=C)N2c3ccccc3-n3c4ccccc4c4ccc(c2c43)O1. The van der Waals surface area contributed by atoms with Gasteiger partial charge in [-0.2, -0.15) is 0 Å². The highest BCUT2D eigenvalue weighted by molar-refractivity contribution is 6.17. The lowest BCUT2D eigenvalue weighted by molar-refractivity contribution is 0.431. The minimum Gasteiger partial charge on any atom is -0.453 e. The summed E-state index contributed by atoms with van der Waals surface area (Å²) in [6, 6.07) is 21.2. The van der Waals surface area contributed by atoms with Gasteiger partial charge in [0.05, 0.1) is 28.1 Å². The average Bonchev–Trinajstić information content (AvgIpc) is 3.07. The normalized spacial score (nSPS) is 14.3. The Bertz CT molecular complexity index is 1340. The van der Waals surface area contributed by atoms with Crippen molar-refractivity contribution in [2.45, 2.75) is 0 Å². The van der Waals surface area contributed by atoms with E-state index in [1.807, 2.05) is 6.08 Å². The molecule has 3 heteroatoms. The van der Waals surface area contributed by atoms with Gasteiger partial charge in [0.15, 0.2) is 11.5 Å². The second-order valence-electron chi connectivity index (χ2n) is 6.74. The summed E-state index contributed by atoms with van der Waals surface area (Å²) in [4.78, 5) is 2.25. The van der Waals surface area contributed by atoms with Crippen molar-refractivity contribution in [3.05, 3.63) is 97.4 Å². The Morgan fingerprint density at radius 1 is 0.778 bits per heavy atom. The van der Waals surface area contributed by atoms with Crippen LogP contribution in [0, 0.1) is 0 Å². The molecular formula is C24H16N2O. The number of nitrogens with zero attached hydrogens (tertiary/aromatic N) is 2. The molecule has 0 aliphatic carbocycles. The summed E-state index contributed by atoms with van der Waals surface area (Å²) in [5.41, 5.74) is 6.59. The fourth-order valence-electron chi connectivity index (χ4n) is 4.40. The van der Waals surface area contributed by atoms with Crippen LogP contribution in [0.3, 0.4) is 0 Å². The molecule has 27 heavy (non-hydrogen) atoms. The molecule has 3 nitrogen and oxygen atoms in total. The van der Waals surface area contributed by atoms with E-state index >= 15 is 0 Å². The number of hydrogen-bond acceptors (Lipinski definition) is 2. The van der Waals surface area contributed by atoms with Gasteiger partial charge in [-0.3, -0.25) is 4.90 Å². The summed E-state index contributed by atoms with van der Waals surface area (Å²) in [6.07, 6.45) is 3.59. The maximum atomic E-state index is 6.20. The van der Waals surface area contributed by atoms with Crippen LogP contribution in [0.2, 0.25) is 0 Å². The summed E-state index contributed by atoms with van der Waals surface area (Å²) < 4.78 is 8.54. The largest absolute Gasteiger partial charge is 0.453 e. The van der Waals surface area contributed by atoms with Gasteiger partial charge in [-0.15, -0.1) is 0 Å². The summed E-state index contributed by atoms with van der Waals surface area (Å²) in [5.74, 6) is 1.55. The first-order valence-corrected chi connectivity index (χ1v) is 8.96. The first-order chi connectivity index (χ1) is 13.3. The molecule has 128 valence electrons. The van der Waals surface area contributed by atoms with Crippen LogP contribution in [0.5, 0.6) is 5.75 Å². The number of anilines is 2. The fraction of sp³-hybridized carbons (Fsp3) is 0. The van der Waals surface area contributed by atoms with Crippen LogP contribution < -0.4 is 9.64 Å². The van der Waals surface area contributed by atoms with E-state index in [0.29, 0.717) is 0 Å². The zero-order valence-electron chi connectivity index (χ0n) is 14.6. The second-order valence-corrected chi connectivity index (χ2v) is 6.74. The van der Waals surface area contributed by atoms with Gasteiger partial charge in [0.2, 0.25) is 0 Å². The lowest BCUT2D eigenvalue weighted by Crippen LogP contribution is -2.27. The molecule has 6 rings (SSSR count). The van der Waals surface area contributed by atoms with Crippen molar-refractivity contribution in [3.63, 3.8) is 0 Å². The van der Waals surface area contributed by atoms with E-state index in [1.165, 1.54) is 16.3 Å². The van der Waals surface area contributed by atoms with Gasteiger partial charge >= 0.3 is 0 Å². The number of allylic oxidation sites excluding steroid dienone is 2. The standard InChI is InChI=1S/C24H16N2O/c1-3-17-21(4-2)27-22-14-13-16-15-9-5-6-10-18(15)26-20-12-8-7-11-19(20)25(17)24(22)23(16)26/h3-14H,1-2H2. The van der Waals surface area contributed by atoms with Crippen LogP contribution in [-0.4, -0.2) is 4.57 Å². The highest BCUT2D eigenvalue weighted by Gasteiger charge is 2.35. The predicted octanol–water partition coefficient (Wildman–Crippen LogP) is 6.21. The number of hydrogen-bond donors (Lipinski definition) is 0. The Morgan fingerprint density at radius 3 is 2.37 bits per heavy atom. The van der Waals surface area contributed by atoms with Gasteiger partial charge in [-0.1, -0.05) is 43.5 Å². The van der Waals surface area contributed by atoms with Crippen molar-refractivity contribution in [1.29, 1.82) is 0 Å². The maximum Gasteiger partial charge on any atom is 0.153 e. The number of fused-ring (bicyclic) bond motifs is 6. The van der Waals surface area contributed by atoms with Crippen molar-refractivity contribution < 1.29 is 4.74 Å². The van der Waals surface area contributed by atoms with Crippen LogP contribution in [0.15, 0.2) is 97.4 Å². The zero-order chi connectivity index (χ0) is 18.1. The number of ether oxygens (including phenoxy) is 1. The van der Waals surface area contributed by atoms with E-state index in [0.717, 1.165) is 39.8 Å². The summed E-state index contributed by atoms with van der Waals surface area (Å²) in [6.45, 7) is 7.97. The number of para-hydroxylation sites is 3. The van der Waals surface area contributed by atoms with E-state index in [9.17, 15) is 0 Å². The number of aromatic nitrogens is 1. The van der Waals surface area contributed by atoms with E-state index in [4.69, 9.17) is 4.74 Å². The third kappa shape index (κ3) is 1.62. The summed E-state index contributed by atoms with van der Waals surface area (Å²) in [7, 11) is 0. The molecule has 3 aromatic carbocycles. The first kappa shape index (κ1) is 14.4. The Kier molecular flexibility index (Phi) is 2.63. The molecule has 4 aromatic rings. The Morgan fingerprint density at radius 2 is 1.56 bits per heavy atom. The minimum absolute atomic E-state index is 0.719. The Balaban J connectivity index is 1.90.